The Morgan fingerprint density at radius 2 is 1.92 bits per heavy atom. The van der Waals surface area contributed by atoms with Crippen LogP contribution in [-0.4, -0.2) is 37.8 Å². The average molecular weight is 536 g/mol. The molecule has 0 spiro atoms. The maximum atomic E-state index is 14.7. The number of aryl methyl sites for hydroxylation is 2. The van der Waals surface area contributed by atoms with Crippen molar-refractivity contribution < 1.29 is 9.18 Å². The number of halogens is 1. The number of benzene rings is 2. The first-order valence-corrected chi connectivity index (χ1v) is 13.7. The number of amides is 1. The van der Waals surface area contributed by atoms with Crippen LogP contribution in [0.5, 0.6) is 0 Å². The van der Waals surface area contributed by atoms with Gasteiger partial charge in [-0.15, -0.1) is 0 Å². The first kappa shape index (κ1) is 27.6. The number of hydrogen-bond donors (Lipinski definition) is 1. The molecular formula is C29H34FN5O2S. The van der Waals surface area contributed by atoms with Gasteiger partial charge in [0, 0.05) is 12.1 Å². The summed E-state index contributed by atoms with van der Waals surface area (Å²) in [6.45, 7) is 8.70. The van der Waals surface area contributed by atoms with E-state index in [0.717, 1.165) is 5.56 Å². The number of carbonyl (C=O) groups is 1. The third-order valence-corrected chi connectivity index (χ3v) is 7.59. The smallest absolute Gasteiger partial charge is 0.264 e. The fraction of sp³-hybridized carbons (Fsp3) is 0.379. The molecular weight excluding hydrogens is 501 g/mol. The van der Waals surface area contributed by atoms with Crippen molar-refractivity contribution in [2.75, 3.05) is 13.1 Å². The van der Waals surface area contributed by atoms with Crippen LogP contribution in [0.25, 0.3) is 10.2 Å². The molecule has 0 fully saturated rings. The molecule has 2 aromatic heterocycles. The fourth-order valence-electron chi connectivity index (χ4n) is 4.79. The molecule has 0 bridgehead atoms. The zero-order chi connectivity index (χ0) is 27.4. The lowest BCUT2D eigenvalue weighted by Crippen LogP contribution is -2.42. The lowest BCUT2D eigenvalue weighted by molar-refractivity contribution is 0.0602. The van der Waals surface area contributed by atoms with Crippen LogP contribution in [0, 0.1) is 18.7 Å². The molecule has 4 rings (SSSR count). The summed E-state index contributed by atoms with van der Waals surface area (Å²) < 4.78 is 20.7. The zero-order valence-corrected chi connectivity index (χ0v) is 23.1. The normalized spacial score (nSPS) is 12.3. The molecule has 2 N–H and O–H groups in total. The van der Waals surface area contributed by atoms with Crippen LogP contribution < -0.4 is 11.3 Å². The van der Waals surface area contributed by atoms with Crippen molar-refractivity contribution in [3.63, 3.8) is 0 Å². The Morgan fingerprint density at radius 3 is 2.55 bits per heavy atom. The van der Waals surface area contributed by atoms with Gasteiger partial charge in [-0.3, -0.25) is 14.2 Å². The van der Waals surface area contributed by atoms with Gasteiger partial charge in [-0.05, 0) is 67.0 Å². The van der Waals surface area contributed by atoms with E-state index in [2.05, 4.69) is 4.37 Å². The molecule has 1 atom stereocenters. The second-order valence-corrected chi connectivity index (χ2v) is 10.5. The summed E-state index contributed by atoms with van der Waals surface area (Å²) >= 11 is 1.18. The second-order valence-electron chi connectivity index (χ2n) is 9.78. The summed E-state index contributed by atoms with van der Waals surface area (Å²) in [5.74, 6) is -0.336. The van der Waals surface area contributed by atoms with Crippen LogP contribution in [0.3, 0.4) is 0 Å². The molecule has 200 valence electrons. The Bertz CT molecular complexity index is 1480. The first-order chi connectivity index (χ1) is 18.3. The topological polar surface area (TPSA) is 94.1 Å². The fourth-order valence-corrected chi connectivity index (χ4v) is 5.56. The average Bonchev–Trinajstić information content (AvgIpc) is 3.28. The van der Waals surface area contributed by atoms with E-state index in [1.807, 2.05) is 51.1 Å². The van der Waals surface area contributed by atoms with Crippen molar-refractivity contribution in [2.24, 2.45) is 11.7 Å². The van der Waals surface area contributed by atoms with Crippen LogP contribution in [-0.2, 0) is 13.0 Å². The van der Waals surface area contributed by atoms with E-state index in [9.17, 15) is 14.0 Å². The van der Waals surface area contributed by atoms with Crippen molar-refractivity contribution in [3.05, 3.63) is 92.9 Å². The summed E-state index contributed by atoms with van der Waals surface area (Å²) in [5, 5.41) is 0.495. The Hall–Kier alpha value is -3.43. The maximum Gasteiger partial charge on any atom is 0.264 e. The zero-order valence-electron chi connectivity index (χ0n) is 22.3. The van der Waals surface area contributed by atoms with Crippen molar-refractivity contribution in [2.45, 2.75) is 53.1 Å². The molecule has 0 aliphatic rings. The van der Waals surface area contributed by atoms with Gasteiger partial charge in [0.25, 0.3) is 11.5 Å². The number of aromatic nitrogens is 3. The van der Waals surface area contributed by atoms with Crippen LogP contribution >= 0.6 is 11.5 Å². The predicted molar refractivity (Wildman–Crippen MR) is 150 cm³/mol. The third-order valence-electron chi connectivity index (χ3n) is 6.76. The first-order valence-electron chi connectivity index (χ1n) is 13.0. The highest BCUT2D eigenvalue weighted by Gasteiger charge is 2.33. The van der Waals surface area contributed by atoms with Gasteiger partial charge in [0.15, 0.2) is 4.83 Å². The molecule has 1 unspecified atom stereocenters. The summed E-state index contributed by atoms with van der Waals surface area (Å²) in [6.07, 6.45) is 1.09. The van der Waals surface area contributed by atoms with E-state index >= 15 is 0 Å². The summed E-state index contributed by atoms with van der Waals surface area (Å²) in [7, 11) is 0. The molecule has 4 aromatic rings. The van der Waals surface area contributed by atoms with E-state index in [0.29, 0.717) is 59.8 Å². The van der Waals surface area contributed by atoms with Crippen LogP contribution in [0.4, 0.5) is 4.39 Å². The van der Waals surface area contributed by atoms with Crippen LogP contribution in [0.2, 0.25) is 0 Å². The lowest BCUT2D eigenvalue weighted by atomic mass is 9.98. The van der Waals surface area contributed by atoms with Gasteiger partial charge < -0.3 is 10.6 Å². The molecule has 0 aliphatic heterocycles. The Labute approximate surface area is 226 Å². The Kier molecular flexibility index (Phi) is 8.69. The van der Waals surface area contributed by atoms with Gasteiger partial charge in [0.2, 0.25) is 0 Å². The number of rotatable bonds is 10. The summed E-state index contributed by atoms with van der Waals surface area (Å²) in [6, 6.07) is 13.8. The maximum absolute atomic E-state index is 14.7. The van der Waals surface area contributed by atoms with Crippen molar-refractivity contribution in [1.29, 1.82) is 0 Å². The molecule has 38 heavy (non-hydrogen) atoms. The Morgan fingerprint density at radius 1 is 1.18 bits per heavy atom. The van der Waals surface area contributed by atoms with Gasteiger partial charge in [0.05, 0.1) is 23.7 Å². The highest BCUT2D eigenvalue weighted by Crippen LogP contribution is 2.31. The lowest BCUT2D eigenvalue weighted by Gasteiger charge is -2.35. The third kappa shape index (κ3) is 5.54. The molecule has 0 aliphatic carbocycles. The number of hydrogen-bond acceptors (Lipinski definition) is 6. The molecule has 9 heteroatoms. The summed E-state index contributed by atoms with van der Waals surface area (Å²) in [4.78, 5) is 35.0. The van der Waals surface area contributed by atoms with Gasteiger partial charge in [0.1, 0.15) is 11.6 Å². The minimum absolute atomic E-state index is 0.100. The van der Waals surface area contributed by atoms with Gasteiger partial charge in [-0.25, -0.2) is 9.37 Å². The van der Waals surface area contributed by atoms with Gasteiger partial charge >= 0.3 is 0 Å². The summed E-state index contributed by atoms with van der Waals surface area (Å²) in [5.41, 5.74) is 8.06. The molecule has 0 radical (unpaired) electrons. The number of nitrogens with two attached hydrogens (primary N) is 1. The number of carbonyl (C=O) groups excluding carboxylic acids is 1. The van der Waals surface area contributed by atoms with Crippen molar-refractivity contribution in [1.82, 2.24) is 18.8 Å². The van der Waals surface area contributed by atoms with Crippen LogP contribution in [0.15, 0.2) is 53.3 Å². The second kappa shape index (κ2) is 12.0. The predicted octanol–water partition coefficient (Wildman–Crippen LogP) is 5.10. The van der Waals surface area contributed by atoms with Crippen molar-refractivity contribution >= 4 is 27.7 Å². The minimum atomic E-state index is -0.550. The molecule has 0 saturated heterocycles. The van der Waals surface area contributed by atoms with Gasteiger partial charge in [-0.2, -0.15) is 4.37 Å². The highest BCUT2D eigenvalue weighted by atomic mass is 32.1. The Balaban J connectivity index is 1.90. The van der Waals surface area contributed by atoms with E-state index in [1.165, 1.54) is 17.6 Å². The van der Waals surface area contributed by atoms with E-state index < -0.39 is 11.9 Å². The quantitative estimate of drug-likeness (QED) is 0.305. The van der Waals surface area contributed by atoms with Gasteiger partial charge in [-0.1, -0.05) is 57.2 Å². The van der Waals surface area contributed by atoms with Crippen molar-refractivity contribution in [3.8, 4) is 0 Å². The molecule has 1 amide bonds. The molecule has 2 heterocycles. The standard InChI is InChI=1S/C29H34FN5O2S/c1-5-21-12-13-22(16-23(21)30)28(36)34(15-9-14-31)25(18(2)3)26-32-27-24(19(4)33-38-27)29(37)35(26)17-20-10-7-6-8-11-20/h6-8,10-13,16,18,25H,5,9,14-15,17,31H2,1-4H3. The SMILES string of the molecule is CCc1ccc(C(=O)N(CCCN)C(c2nc3snc(C)c3c(=O)n2Cc2ccccc2)C(C)C)cc1F. The van der Waals surface area contributed by atoms with E-state index in [1.54, 1.807) is 28.5 Å². The van der Waals surface area contributed by atoms with E-state index in [4.69, 9.17) is 10.7 Å². The highest BCUT2D eigenvalue weighted by molar-refractivity contribution is 7.12. The van der Waals surface area contributed by atoms with Crippen LogP contribution in [0.1, 0.15) is 66.2 Å². The molecule has 0 saturated carbocycles. The largest absolute Gasteiger partial charge is 0.330 e. The number of fused-ring (bicyclic) bond motifs is 1. The van der Waals surface area contributed by atoms with E-state index in [-0.39, 0.29) is 22.9 Å². The monoisotopic (exact) mass is 535 g/mol. The minimum Gasteiger partial charge on any atom is -0.330 e. The molecule has 2 aromatic carbocycles. The molecule has 7 nitrogen and oxygen atoms in total. The number of nitrogens with zero attached hydrogens (tertiary/aromatic N) is 4.